The number of carboxylic acid groups (broad SMARTS) is 1. The first-order valence-corrected chi connectivity index (χ1v) is 10.1. The molecule has 2 aromatic rings. The van der Waals surface area contributed by atoms with Gasteiger partial charge in [-0.1, -0.05) is 42.2 Å². The molecule has 0 aromatic heterocycles. The van der Waals surface area contributed by atoms with E-state index in [-0.39, 0.29) is 5.41 Å². The molecule has 27 heavy (non-hydrogen) atoms. The fraction of sp³-hybridized carbons (Fsp3) is 0.400. The van der Waals surface area contributed by atoms with Crippen LogP contribution in [0.15, 0.2) is 48.5 Å². The van der Waals surface area contributed by atoms with E-state index in [1.54, 1.807) is 6.07 Å². The lowest BCUT2D eigenvalue weighted by Crippen LogP contribution is -2.49. The second-order valence-electron chi connectivity index (χ2n) is 8.85. The minimum absolute atomic E-state index is 0.140. The van der Waals surface area contributed by atoms with Crippen molar-refractivity contribution >= 4 is 5.97 Å². The van der Waals surface area contributed by atoms with Crippen molar-refractivity contribution in [3.05, 3.63) is 70.8 Å². The minimum atomic E-state index is -0.876. The predicted octanol–water partition coefficient (Wildman–Crippen LogP) is 5.25. The van der Waals surface area contributed by atoms with E-state index >= 15 is 0 Å². The van der Waals surface area contributed by atoms with Gasteiger partial charge >= 0.3 is 5.97 Å². The van der Waals surface area contributed by atoms with Crippen molar-refractivity contribution in [3.63, 3.8) is 0 Å². The van der Waals surface area contributed by atoms with Crippen LogP contribution in [0.1, 0.15) is 65.6 Å². The Labute approximate surface area is 160 Å². The summed E-state index contributed by atoms with van der Waals surface area (Å²) in [6, 6.07) is 15.6. The lowest BCUT2D eigenvalue weighted by atomic mass is 9.47. The third-order valence-electron chi connectivity index (χ3n) is 7.01. The van der Waals surface area contributed by atoms with Crippen LogP contribution in [0.5, 0.6) is 0 Å². The van der Waals surface area contributed by atoms with Crippen LogP contribution < -0.4 is 0 Å². The van der Waals surface area contributed by atoms with E-state index in [2.05, 4.69) is 17.9 Å². The highest BCUT2D eigenvalue weighted by Gasteiger charge is 2.52. The predicted molar refractivity (Wildman–Crippen MR) is 106 cm³/mol. The van der Waals surface area contributed by atoms with Crippen LogP contribution in [0, 0.1) is 29.6 Å². The van der Waals surface area contributed by atoms with E-state index in [9.17, 15) is 9.90 Å². The molecule has 4 aliphatic rings. The van der Waals surface area contributed by atoms with E-state index in [0.29, 0.717) is 5.56 Å². The molecule has 4 bridgehead atoms. The molecular formula is C25H24O2. The molecule has 0 radical (unpaired) electrons. The summed E-state index contributed by atoms with van der Waals surface area (Å²) in [5.74, 6) is 8.07. The molecule has 0 amide bonds. The summed E-state index contributed by atoms with van der Waals surface area (Å²) in [5.41, 5.74) is 3.36. The van der Waals surface area contributed by atoms with E-state index in [1.165, 1.54) is 44.1 Å². The maximum Gasteiger partial charge on any atom is 0.336 e. The number of hydrogen-bond acceptors (Lipinski definition) is 1. The fourth-order valence-electron chi connectivity index (χ4n) is 6.40. The number of carbonyl (C=O) groups is 1. The highest BCUT2D eigenvalue weighted by Crippen LogP contribution is 2.61. The molecule has 0 spiro atoms. The van der Waals surface area contributed by atoms with Crippen LogP contribution in [0.2, 0.25) is 0 Å². The molecule has 4 fully saturated rings. The average molecular weight is 356 g/mol. The minimum Gasteiger partial charge on any atom is -0.478 e. The van der Waals surface area contributed by atoms with Gasteiger partial charge in [-0.3, -0.25) is 0 Å². The number of hydrogen-bond donors (Lipinski definition) is 1. The Morgan fingerprint density at radius 3 is 2.07 bits per heavy atom. The monoisotopic (exact) mass is 356 g/mol. The van der Waals surface area contributed by atoms with Gasteiger partial charge in [-0.25, -0.2) is 4.79 Å². The maximum absolute atomic E-state index is 11.9. The van der Waals surface area contributed by atoms with Crippen molar-refractivity contribution in [2.45, 2.75) is 43.9 Å². The molecule has 0 unspecified atom stereocenters. The van der Waals surface area contributed by atoms with Crippen LogP contribution >= 0.6 is 0 Å². The molecule has 1 N–H and O–H groups in total. The highest BCUT2D eigenvalue weighted by molar-refractivity contribution is 5.91. The molecule has 0 heterocycles. The zero-order valence-electron chi connectivity index (χ0n) is 15.4. The van der Waals surface area contributed by atoms with Gasteiger partial charge in [0.15, 0.2) is 0 Å². The smallest absolute Gasteiger partial charge is 0.336 e. The molecule has 2 aromatic carbocycles. The van der Waals surface area contributed by atoms with Gasteiger partial charge in [-0.15, -0.1) is 0 Å². The fourth-order valence-corrected chi connectivity index (χ4v) is 6.40. The van der Waals surface area contributed by atoms with Gasteiger partial charge in [0.25, 0.3) is 0 Å². The largest absolute Gasteiger partial charge is 0.478 e. The van der Waals surface area contributed by atoms with Crippen molar-refractivity contribution < 1.29 is 9.90 Å². The third kappa shape index (κ3) is 2.86. The van der Waals surface area contributed by atoms with E-state index in [0.717, 1.165) is 28.9 Å². The molecule has 0 atom stereocenters. The van der Waals surface area contributed by atoms with Crippen molar-refractivity contribution in [1.82, 2.24) is 0 Å². The molecule has 6 rings (SSSR count). The lowest BCUT2D eigenvalue weighted by Gasteiger charge is -2.57. The summed E-state index contributed by atoms with van der Waals surface area (Å²) in [4.78, 5) is 11.9. The van der Waals surface area contributed by atoms with E-state index in [1.807, 2.05) is 36.4 Å². The van der Waals surface area contributed by atoms with Gasteiger partial charge in [-0.05, 0) is 85.5 Å². The molecule has 2 nitrogen and oxygen atoms in total. The summed E-state index contributed by atoms with van der Waals surface area (Å²) < 4.78 is 0. The van der Waals surface area contributed by atoms with Crippen LogP contribution in [-0.2, 0) is 5.41 Å². The van der Waals surface area contributed by atoms with Crippen molar-refractivity contribution in [2.24, 2.45) is 17.8 Å². The Hall–Kier alpha value is -2.53. The van der Waals surface area contributed by atoms with Crippen molar-refractivity contribution in [1.29, 1.82) is 0 Å². The number of benzene rings is 2. The summed E-state index contributed by atoms with van der Waals surface area (Å²) in [5, 5.41) is 9.80. The van der Waals surface area contributed by atoms with Gasteiger partial charge in [0.2, 0.25) is 0 Å². The summed E-state index contributed by atoms with van der Waals surface area (Å²) in [7, 11) is 0. The summed E-state index contributed by atoms with van der Waals surface area (Å²) in [6.07, 6.45) is 7.76. The maximum atomic E-state index is 11.9. The Kier molecular flexibility index (Phi) is 3.86. The van der Waals surface area contributed by atoms with Gasteiger partial charge in [0.05, 0.1) is 5.56 Å². The Bertz CT molecular complexity index is 910. The topological polar surface area (TPSA) is 37.3 Å². The first-order valence-electron chi connectivity index (χ1n) is 10.1. The second kappa shape index (κ2) is 6.27. The SMILES string of the molecule is O=C(O)c1cccc(C23CC4CC(CC(C4)C2)C3)c1C#Cc1ccccc1. The van der Waals surface area contributed by atoms with Gasteiger partial charge in [0.1, 0.15) is 0 Å². The molecule has 4 saturated carbocycles. The molecular weight excluding hydrogens is 332 g/mol. The van der Waals surface area contributed by atoms with Crippen LogP contribution in [-0.4, -0.2) is 11.1 Å². The first-order chi connectivity index (χ1) is 13.1. The second-order valence-corrected chi connectivity index (χ2v) is 8.85. The molecule has 4 aliphatic carbocycles. The Morgan fingerprint density at radius 2 is 1.48 bits per heavy atom. The summed E-state index contributed by atoms with van der Waals surface area (Å²) in [6.45, 7) is 0. The lowest BCUT2D eigenvalue weighted by molar-refractivity contribution is -0.00532. The average Bonchev–Trinajstić information content (AvgIpc) is 2.66. The number of aromatic carboxylic acids is 1. The van der Waals surface area contributed by atoms with Gasteiger partial charge in [-0.2, -0.15) is 0 Å². The molecule has 136 valence electrons. The number of carboxylic acids is 1. The Balaban J connectivity index is 1.64. The Morgan fingerprint density at radius 1 is 0.852 bits per heavy atom. The van der Waals surface area contributed by atoms with Gasteiger partial charge < -0.3 is 5.11 Å². The first kappa shape index (κ1) is 16.6. The molecule has 0 saturated heterocycles. The van der Waals surface area contributed by atoms with Crippen molar-refractivity contribution in [3.8, 4) is 11.8 Å². The zero-order valence-corrected chi connectivity index (χ0v) is 15.4. The molecule has 2 heteroatoms. The van der Waals surface area contributed by atoms with Crippen LogP contribution in [0.3, 0.4) is 0 Å². The van der Waals surface area contributed by atoms with Crippen LogP contribution in [0.4, 0.5) is 0 Å². The third-order valence-corrected chi connectivity index (χ3v) is 7.01. The van der Waals surface area contributed by atoms with Crippen LogP contribution in [0.25, 0.3) is 0 Å². The normalized spacial score (nSPS) is 30.6. The summed E-state index contributed by atoms with van der Waals surface area (Å²) >= 11 is 0. The van der Waals surface area contributed by atoms with E-state index in [4.69, 9.17) is 0 Å². The zero-order chi connectivity index (χ0) is 18.4. The van der Waals surface area contributed by atoms with Crippen molar-refractivity contribution in [2.75, 3.05) is 0 Å². The highest BCUT2D eigenvalue weighted by atomic mass is 16.4. The van der Waals surface area contributed by atoms with E-state index < -0.39 is 5.97 Å². The number of rotatable bonds is 2. The molecule has 0 aliphatic heterocycles. The standard InChI is InChI=1S/C25H24O2/c26-24(27)22-7-4-8-23(21(22)10-9-17-5-2-1-3-6-17)25-14-18-11-19(15-25)13-20(12-18)16-25/h1-8,18-20H,11-16H2,(H,26,27). The quantitative estimate of drug-likeness (QED) is 0.746. The van der Waals surface area contributed by atoms with Gasteiger partial charge in [0, 0.05) is 11.1 Å².